The van der Waals surface area contributed by atoms with Crippen molar-refractivity contribution in [2.24, 2.45) is 11.7 Å². The van der Waals surface area contributed by atoms with Crippen LogP contribution >= 0.6 is 29.8 Å². The Bertz CT molecular complexity index is 1430. The van der Waals surface area contributed by atoms with Crippen molar-refractivity contribution in [2.75, 3.05) is 30.0 Å². The Hall–Kier alpha value is -2.83. The number of rotatable bonds is 13. The molecule has 1 aromatic carbocycles. The summed E-state index contributed by atoms with van der Waals surface area (Å²) < 4.78 is 32.4. The molecule has 2 aliphatic rings. The van der Waals surface area contributed by atoms with Crippen LogP contribution in [-0.2, 0) is 18.6 Å². The van der Waals surface area contributed by atoms with Crippen LogP contribution in [0.5, 0.6) is 5.75 Å². The second kappa shape index (κ2) is 12.4. The number of halogens is 1. The van der Waals surface area contributed by atoms with Gasteiger partial charge in [0.2, 0.25) is 5.95 Å². The van der Waals surface area contributed by atoms with Gasteiger partial charge in [0.05, 0.1) is 25.6 Å². The molecule has 2 aliphatic carbocycles. The number of allylic oxidation sites excluding steroid dienone is 1. The minimum absolute atomic E-state index is 0.00773. The van der Waals surface area contributed by atoms with Gasteiger partial charge in [-0.1, -0.05) is 23.8 Å². The molecule has 1 saturated carbocycles. The van der Waals surface area contributed by atoms with E-state index in [1.807, 2.05) is 16.7 Å². The number of anilines is 2. The molecule has 0 bridgehead atoms. The molecular formula is C25H31ClN7O5PS. The van der Waals surface area contributed by atoms with E-state index in [9.17, 15) is 9.36 Å². The molecule has 5 N–H and O–H groups in total. The Morgan fingerprint density at radius 2 is 2.05 bits per heavy atom. The molecule has 0 spiro atoms. The number of imidazole rings is 1. The highest BCUT2D eigenvalue weighted by Crippen LogP contribution is 2.60. The average molecular weight is 608 g/mol. The summed E-state index contributed by atoms with van der Waals surface area (Å²) in [5, 5.41) is 3.88. The third-order valence-corrected chi connectivity index (χ3v) is 10.3. The number of nitrogens with zero attached hydrogens (tertiary/aromatic N) is 4. The van der Waals surface area contributed by atoms with Crippen molar-refractivity contribution in [3.8, 4) is 5.75 Å². The lowest BCUT2D eigenvalue weighted by Gasteiger charge is -2.21. The van der Waals surface area contributed by atoms with Crippen molar-refractivity contribution in [3.05, 3.63) is 47.8 Å². The monoisotopic (exact) mass is 607 g/mol. The molecule has 12 nitrogen and oxygen atoms in total. The number of nitrogens with two attached hydrogens (primary N) is 2. The van der Waals surface area contributed by atoms with Crippen LogP contribution in [0.3, 0.4) is 0 Å². The quantitative estimate of drug-likeness (QED) is 0.141. The molecular weight excluding hydrogens is 577 g/mol. The maximum absolute atomic E-state index is 13.8. The number of nitrogens with one attached hydrogen (secondary N) is 1. The highest BCUT2D eigenvalue weighted by Gasteiger charge is 2.33. The Morgan fingerprint density at radius 1 is 1.27 bits per heavy atom. The van der Waals surface area contributed by atoms with E-state index < -0.39 is 18.8 Å². The second-order valence-electron chi connectivity index (χ2n) is 9.56. The normalized spacial score (nSPS) is 20.8. The molecule has 3 unspecified atom stereocenters. The smallest absolute Gasteiger partial charge is 0.440 e. The fraction of sp³-hybridized carbons (Fsp3) is 0.440. The first-order chi connectivity index (χ1) is 19.2. The number of benzene rings is 1. The lowest BCUT2D eigenvalue weighted by molar-refractivity contribution is -0.144. The van der Waals surface area contributed by atoms with Crippen molar-refractivity contribution >= 4 is 58.7 Å². The molecule has 1 fully saturated rings. The van der Waals surface area contributed by atoms with Gasteiger partial charge in [-0.2, -0.15) is 9.97 Å². The minimum Gasteiger partial charge on any atom is -0.465 e. The first-order valence-electron chi connectivity index (χ1n) is 12.9. The van der Waals surface area contributed by atoms with Crippen LogP contribution < -0.4 is 21.3 Å². The van der Waals surface area contributed by atoms with E-state index in [-0.39, 0.29) is 36.9 Å². The number of esters is 1. The summed E-state index contributed by atoms with van der Waals surface area (Å²) in [6, 6.07) is 5.80. The second-order valence-corrected chi connectivity index (χ2v) is 14.0. The first kappa shape index (κ1) is 28.7. The summed E-state index contributed by atoms with van der Waals surface area (Å²) >= 11 is 6.83. The van der Waals surface area contributed by atoms with Crippen LogP contribution in [0.1, 0.15) is 32.2 Å². The van der Waals surface area contributed by atoms with E-state index in [0.29, 0.717) is 40.2 Å². The van der Waals surface area contributed by atoms with Crippen LogP contribution in [0.4, 0.5) is 11.8 Å². The number of nitrogen functional groups attached to an aromatic ring is 1. The van der Waals surface area contributed by atoms with E-state index in [0.717, 1.165) is 24.2 Å². The van der Waals surface area contributed by atoms with Crippen LogP contribution in [-0.4, -0.2) is 56.5 Å². The summed E-state index contributed by atoms with van der Waals surface area (Å²) in [7, 11) is 0. The largest absolute Gasteiger partial charge is 0.465 e. The molecule has 0 saturated heterocycles. The van der Waals surface area contributed by atoms with Gasteiger partial charge in [0, 0.05) is 22.7 Å². The molecule has 4 atom stereocenters. The number of aromatic nitrogens is 4. The van der Waals surface area contributed by atoms with Crippen LogP contribution in [0.15, 0.2) is 42.7 Å². The zero-order chi connectivity index (χ0) is 28.3. The molecule has 5 rings (SSSR count). The minimum atomic E-state index is -3.77. The topological polar surface area (TPSA) is 170 Å². The molecule has 40 heavy (non-hydrogen) atoms. The van der Waals surface area contributed by atoms with Crippen molar-refractivity contribution in [1.82, 2.24) is 19.5 Å². The number of ether oxygens (including phenoxy) is 1. The number of carbonyl (C=O) groups is 1. The van der Waals surface area contributed by atoms with E-state index in [1.54, 1.807) is 37.5 Å². The highest BCUT2D eigenvalue weighted by molar-refractivity contribution is 8.55. The molecule has 214 valence electrons. The summed E-state index contributed by atoms with van der Waals surface area (Å²) in [5.74, 6) is 0.491. The lowest BCUT2D eigenvalue weighted by Crippen LogP contribution is -2.34. The maximum atomic E-state index is 13.8. The van der Waals surface area contributed by atoms with Gasteiger partial charge in [-0.25, -0.2) is 9.55 Å². The fourth-order valence-corrected chi connectivity index (χ4v) is 7.56. The van der Waals surface area contributed by atoms with E-state index >= 15 is 0 Å². The third-order valence-electron chi connectivity index (χ3n) is 6.34. The van der Waals surface area contributed by atoms with Gasteiger partial charge in [0.1, 0.15) is 11.8 Å². The van der Waals surface area contributed by atoms with Gasteiger partial charge < -0.3 is 30.6 Å². The number of fused-ring (bicyclic) bond motifs is 1. The van der Waals surface area contributed by atoms with Gasteiger partial charge in [-0.05, 0) is 61.8 Å². The molecule has 2 heterocycles. The summed E-state index contributed by atoms with van der Waals surface area (Å²) in [5.41, 5.74) is 13.2. The Morgan fingerprint density at radius 3 is 2.77 bits per heavy atom. The van der Waals surface area contributed by atoms with Crippen molar-refractivity contribution in [1.29, 1.82) is 0 Å². The van der Waals surface area contributed by atoms with Gasteiger partial charge >= 0.3 is 12.8 Å². The average Bonchev–Trinajstić information content (AvgIpc) is 3.44. The number of hydrogen-bond donors (Lipinski definition) is 3. The SMILES string of the molecule is CCOC(=O)C(N)CSP(=O)(OCC1C=C[C@H](n2cnc3c(NC4CC4)nc(N)nc32)C1)Oc1ccc(Cl)cc1. The van der Waals surface area contributed by atoms with Crippen molar-refractivity contribution in [2.45, 2.75) is 44.3 Å². The van der Waals surface area contributed by atoms with E-state index in [2.05, 4.69) is 20.3 Å². The Balaban J connectivity index is 1.25. The van der Waals surface area contributed by atoms with Crippen LogP contribution in [0, 0.1) is 5.92 Å². The van der Waals surface area contributed by atoms with Gasteiger partial charge in [-0.15, -0.1) is 0 Å². The predicted octanol–water partition coefficient (Wildman–Crippen LogP) is 4.58. The molecule has 0 amide bonds. The van der Waals surface area contributed by atoms with Crippen LogP contribution in [0.25, 0.3) is 11.2 Å². The number of carbonyl (C=O) groups excluding carboxylic acids is 1. The zero-order valence-electron chi connectivity index (χ0n) is 21.8. The van der Waals surface area contributed by atoms with E-state index in [4.69, 9.17) is 36.9 Å². The summed E-state index contributed by atoms with van der Waals surface area (Å²) in [4.78, 5) is 25.3. The van der Waals surface area contributed by atoms with Gasteiger partial charge in [0.15, 0.2) is 17.0 Å². The fourth-order valence-electron chi connectivity index (χ4n) is 4.17. The van der Waals surface area contributed by atoms with Gasteiger partial charge in [0.25, 0.3) is 0 Å². The molecule has 3 aromatic rings. The maximum Gasteiger partial charge on any atom is 0.440 e. The third kappa shape index (κ3) is 7.08. The number of hydrogen-bond acceptors (Lipinski definition) is 12. The van der Waals surface area contributed by atoms with Gasteiger partial charge in [-0.3, -0.25) is 9.32 Å². The molecule has 2 aromatic heterocycles. The van der Waals surface area contributed by atoms with Crippen molar-refractivity contribution in [3.63, 3.8) is 0 Å². The molecule has 0 aliphatic heterocycles. The zero-order valence-corrected chi connectivity index (χ0v) is 24.3. The molecule has 15 heteroatoms. The van der Waals surface area contributed by atoms with Crippen molar-refractivity contribution < 1.29 is 23.1 Å². The Kier molecular flexibility index (Phi) is 8.86. The lowest BCUT2D eigenvalue weighted by atomic mass is 10.1. The standard InChI is InChI=1S/C25H31ClN7O5PS/c1-2-36-24(34)20(27)13-40-39(35,38-19-9-4-16(26)5-10-19)37-12-15-3-8-18(11-15)33-14-29-21-22(30-17-6-7-17)31-25(28)32-23(21)33/h3-5,8-10,14-15,17-18,20H,2,6-7,11-13,27H2,1H3,(H3,28,30,31,32)/t15?,18-,20?,39?/m0/s1. The van der Waals surface area contributed by atoms with Crippen LogP contribution in [0.2, 0.25) is 5.02 Å². The Labute approximate surface area is 240 Å². The molecule has 0 radical (unpaired) electrons. The summed E-state index contributed by atoms with van der Waals surface area (Å²) in [6.07, 6.45) is 8.63. The predicted molar refractivity (Wildman–Crippen MR) is 155 cm³/mol. The summed E-state index contributed by atoms with van der Waals surface area (Å²) in [6.45, 7) is -1.76. The first-order valence-corrected chi connectivity index (χ1v) is 16.5. The van der Waals surface area contributed by atoms with E-state index in [1.165, 1.54) is 0 Å². The highest BCUT2D eigenvalue weighted by atomic mass is 35.5.